The van der Waals surface area contributed by atoms with Gasteiger partial charge >= 0.3 is 5.63 Å². The van der Waals surface area contributed by atoms with E-state index in [0.29, 0.717) is 69.5 Å². The van der Waals surface area contributed by atoms with Crippen molar-refractivity contribution >= 4 is 55.4 Å². The average Bonchev–Trinajstić information content (AvgIpc) is 3.61. The van der Waals surface area contributed by atoms with Crippen molar-refractivity contribution in [2.45, 2.75) is 19.6 Å². The van der Waals surface area contributed by atoms with Crippen molar-refractivity contribution in [1.29, 1.82) is 0 Å². The second kappa shape index (κ2) is 9.56. The van der Waals surface area contributed by atoms with E-state index in [0.717, 1.165) is 10.9 Å². The second-order valence-electron chi connectivity index (χ2n) is 10.3. The van der Waals surface area contributed by atoms with Gasteiger partial charge in [0, 0.05) is 46.0 Å². The van der Waals surface area contributed by atoms with Crippen LogP contribution in [-0.4, -0.2) is 21.1 Å². The number of pyridine rings is 2. The lowest BCUT2D eigenvalue weighted by Crippen LogP contribution is -2.09. The Kier molecular flexibility index (Phi) is 5.65. The van der Waals surface area contributed by atoms with Crippen molar-refractivity contribution in [3.63, 3.8) is 0 Å². The maximum absolute atomic E-state index is 15.3. The van der Waals surface area contributed by atoms with Crippen molar-refractivity contribution in [3.05, 3.63) is 117 Å². The lowest BCUT2D eigenvalue weighted by atomic mass is 10.1. The standard InChI is InChI=1S/C33H21ClFN3O4/c34-31-20(13-19-8-9-21(14-25(19)37-31)41-17-18-5-2-1-3-6-18)16-38-26-15-24(35)22-10-12-40-30(22)28(26)27-23-7-4-11-36-32(23)42-33(39)29(27)38/h1-9,11,13-15H,10,12,16-17H2. The quantitative estimate of drug-likeness (QED) is 0.201. The van der Waals surface area contributed by atoms with E-state index in [1.807, 2.05) is 60.7 Å². The summed E-state index contributed by atoms with van der Waals surface area (Å²) >= 11 is 6.73. The minimum atomic E-state index is -0.579. The smallest absolute Gasteiger partial charge is 0.362 e. The average molecular weight is 578 g/mol. The Labute approximate surface area is 242 Å². The molecular weight excluding hydrogens is 557 g/mol. The van der Waals surface area contributed by atoms with Crippen LogP contribution in [0.1, 0.15) is 16.7 Å². The van der Waals surface area contributed by atoms with E-state index < -0.39 is 5.63 Å². The predicted octanol–water partition coefficient (Wildman–Crippen LogP) is 7.20. The van der Waals surface area contributed by atoms with Gasteiger partial charge in [0.1, 0.15) is 34.6 Å². The number of rotatable bonds is 5. The first-order valence-electron chi connectivity index (χ1n) is 13.5. The molecule has 7 nitrogen and oxygen atoms in total. The Morgan fingerprint density at radius 3 is 2.79 bits per heavy atom. The SMILES string of the molecule is O=c1oc2ncccc2c2c3c4c(c(F)cc3n(Cc3cc5ccc(OCc6ccccc6)cc5nc3Cl)c12)CCO4. The fraction of sp³-hybridized carbons (Fsp3) is 0.121. The number of hydrogen-bond donors (Lipinski definition) is 0. The van der Waals surface area contributed by atoms with Gasteiger partial charge in [-0.15, -0.1) is 0 Å². The highest BCUT2D eigenvalue weighted by molar-refractivity contribution is 6.30. The van der Waals surface area contributed by atoms with Crippen LogP contribution in [0.15, 0.2) is 88.2 Å². The Balaban J connectivity index is 1.27. The zero-order valence-corrected chi connectivity index (χ0v) is 22.8. The number of halogens is 2. The molecule has 1 aliphatic heterocycles. The number of fused-ring (bicyclic) bond motifs is 8. The summed E-state index contributed by atoms with van der Waals surface area (Å²) in [5.74, 6) is 0.749. The zero-order valence-electron chi connectivity index (χ0n) is 22.1. The minimum Gasteiger partial charge on any atom is -0.492 e. The highest BCUT2D eigenvalue weighted by Crippen LogP contribution is 2.43. The van der Waals surface area contributed by atoms with Gasteiger partial charge < -0.3 is 18.5 Å². The van der Waals surface area contributed by atoms with Gasteiger partial charge in [0.05, 0.1) is 29.6 Å². The normalized spacial score (nSPS) is 12.8. The van der Waals surface area contributed by atoms with Crippen LogP contribution in [0.2, 0.25) is 5.15 Å². The number of ether oxygens (including phenoxy) is 2. The molecule has 8 rings (SSSR count). The minimum absolute atomic E-state index is 0.156. The molecule has 0 saturated heterocycles. The van der Waals surface area contributed by atoms with E-state index in [2.05, 4.69) is 9.97 Å². The first-order chi connectivity index (χ1) is 20.5. The van der Waals surface area contributed by atoms with E-state index in [-0.39, 0.29) is 28.7 Å². The van der Waals surface area contributed by atoms with Crippen molar-refractivity contribution in [2.75, 3.05) is 6.61 Å². The summed E-state index contributed by atoms with van der Waals surface area (Å²) in [4.78, 5) is 22.3. The molecule has 0 atom stereocenters. The van der Waals surface area contributed by atoms with E-state index in [4.69, 9.17) is 25.5 Å². The number of hydrogen-bond acceptors (Lipinski definition) is 6. The van der Waals surface area contributed by atoms with Crippen LogP contribution < -0.4 is 15.1 Å². The summed E-state index contributed by atoms with van der Waals surface area (Å²) < 4.78 is 34.6. The summed E-state index contributed by atoms with van der Waals surface area (Å²) in [5, 5.41) is 3.04. The molecule has 3 aromatic carbocycles. The van der Waals surface area contributed by atoms with Gasteiger partial charge in [-0.05, 0) is 42.0 Å². The Morgan fingerprint density at radius 1 is 1.02 bits per heavy atom. The Morgan fingerprint density at radius 2 is 1.90 bits per heavy atom. The van der Waals surface area contributed by atoms with Gasteiger partial charge in [-0.3, -0.25) is 0 Å². The summed E-state index contributed by atoms with van der Waals surface area (Å²) in [6.07, 6.45) is 2.02. The highest BCUT2D eigenvalue weighted by Gasteiger charge is 2.28. The molecule has 9 heteroatoms. The molecule has 0 unspecified atom stereocenters. The van der Waals surface area contributed by atoms with Crippen molar-refractivity contribution in [2.24, 2.45) is 0 Å². The van der Waals surface area contributed by atoms with Gasteiger partial charge in [-0.25, -0.2) is 19.2 Å². The van der Waals surface area contributed by atoms with Crippen LogP contribution in [0.5, 0.6) is 11.5 Å². The molecule has 0 spiro atoms. The van der Waals surface area contributed by atoms with Gasteiger partial charge in [-0.2, -0.15) is 0 Å². The molecule has 0 bridgehead atoms. The molecule has 42 heavy (non-hydrogen) atoms. The Bertz CT molecular complexity index is 2260. The summed E-state index contributed by atoms with van der Waals surface area (Å²) in [6.45, 7) is 0.957. The van der Waals surface area contributed by atoms with Crippen LogP contribution in [0.4, 0.5) is 4.39 Å². The molecule has 4 aromatic heterocycles. The van der Waals surface area contributed by atoms with Gasteiger partial charge in [-0.1, -0.05) is 41.9 Å². The van der Waals surface area contributed by atoms with Crippen LogP contribution in [0.25, 0.3) is 43.8 Å². The van der Waals surface area contributed by atoms with Crippen LogP contribution >= 0.6 is 11.6 Å². The first-order valence-corrected chi connectivity index (χ1v) is 13.9. The maximum Gasteiger partial charge on any atom is 0.362 e. The summed E-state index contributed by atoms with van der Waals surface area (Å²) in [6, 6.07) is 22.6. The topological polar surface area (TPSA) is 79.4 Å². The molecule has 0 radical (unpaired) electrons. The van der Waals surface area contributed by atoms with E-state index in [9.17, 15) is 4.79 Å². The lowest BCUT2D eigenvalue weighted by molar-refractivity contribution is 0.306. The van der Waals surface area contributed by atoms with Gasteiger partial charge in [0.25, 0.3) is 0 Å². The third-order valence-electron chi connectivity index (χ3n) is 7.77. The van der Waals surface area contributed by atoms with Crippen molar-refractivity contribution < 1.29 is 18.3 Å². The maximum atomic E-state index is 15.3. The fourth-order valence-corrected chi connectivity index (χ4v) is 6.05. The van der Waals surface area contributed by atoms with Gasteiger partial charge in [0.2, 0.25) is 5.71 Å². The molecule has 206 valence electrons. The zero-order chi connectivity index (χ0) is 28.4. The molecule has 0 fully saturated rings. The van der Waals surface area contributed by atoms with E-state index in [1.165, 1.54) is 6.07 Å². The number of nitrogens with zero attached hydrogens (tertiary/aromatic N) is 3. The molecule has 1 aliphatic rings. The first kappa shape index (κ1) is 24.8. The largest absolute Gasteiger partial charge is 0.492 e. The lowest BCUT2D eigenvalue weighted by Gasteiger charge is -2.12. The number of benzene rings is 3. The Hall–Kier alpha value is -4.95. The predicted molar refractivity (Wildman–Crippen MR) is 159 cm³/mol. The third-order valence-corrected chi connectivity index (χ3v) is 8.10. The molecule has 0 amide bonds. The molecule has 0 saturated carbocycles. The molecule has 7 aromatic rings. The summed E-state index contributed by atoms with van der Waals surface area (Å²) in [7, 11) is 0. The van der Waals surface area contributed by atoms with Crippen LogP contribution in [-0.2, 0) is 19.6 Å². The molecular formula is C33H21ClFN3O4. The number of aromatic nitrogens is 3. The third kappa shape index (κ3) is 3.90. The van der Waals surface area contributed by atoms with Crippen molar-refractivity contribution in [3.8, 4) is 11.5 Å². The summed E-state index contributed by atoms with van der Waals surface area (Å²) in [5.41, 5.74) is 3.32. The van der Waals surface area contributed by atoms with E-state index >= 15 is 4.39 Å². The van der Waals surface area contributed by atoms with E-state index in [1.54, 1.807) is 16.8 Å². The van der Waals surface area contributed by atoms with Gasteiger partial charge in [0.15, 0.2) is 0 Å². The monoisotopic (exact) mass is 577 g/mol. The van der Waals surface area contributed by atoms with Crippen molar-refractivity contribution in [1.82, 2.24) is 14.5 Å². The van der Waals surface area contributed by atoms with Crippen LogP contribution in [0.3, 0.4) is 0 Å². The second-order valence-corrected chi connectivity index (χ2v) is 10.6. The molecule has 0 aliphatic carbocycles. The highest BCUT2D eigenvalue weighted by atomic mass is 35.5. The molecule has 5 heterocycles. The molecule has 0 N–H and O–H groups in total. The fourth-order valence-electron chi connectivity index (χ4n) is 5.85. The van der Waals surface area contributed by atoms with Crippen LogP contribution in [0, 0.1) is 5.82 Å².